The molecule has 2 heterocycles. The third-order valence-electron chi connectivity index (χ3n) is 5.91. The number of aromatic nitrogens is 1. The van der Waals surface area contributed by atoms with Crippen LogP contribution in [-0.4, -0.2) is 29.4 Å². The first kappa shape index (κ1) is 16.4. The lowest BCUT2D eigenvalue weighted by Crippen LogP contribution is -2.45. The molecule has 1 aliphatic heterocycles. The molecule has 4 rings (SSSR count). The molecule has 1 aromatic heterocycles. The van der Waals surface area contributed by atoms with E-state index in [-0.39, 0.29) is 17.6 Å². The molecule has 25 heavy (non-hydrogen) atoms. The Morgan fingerprint density at radius 1 is 1.08 bits per heavy atom. The van der Waals surface area contributed by atoms with Crippen molar-refractivity contribution in [1.82, 2.24) is 4.57 Å². The molecule has 4 heteroatoms. The van der Waals surface area contributed by atoms with Gasteiger partial charge in [0.15, 0.2) is 0 Å². The van der Waals surface area contributed by atoms with Gasteiger partial charge in [-0.2, -0.15) is 0 Å². The topological polar surface area (TPSA) is 45.5 Å². The molecule has 0 radical (unpaired) electrons. The summed E-state index contributed by atoms with van der Waals surface area (Å²) < 4.78 is 1.84. The van der Waals surface area contributed by atoms with Crippen molar-refractivity contribution in [3.05, 3.63) is 64.6 Å². The van der Waals surface area contributed by atoms with E-state index >= 15 is 0 Å². The summed E-state index contributed by atoms with van der Waals surface area (Å²) in [5.41, 5.74) is 2.18. The summed E-state index contributed by atoms with van der Waals surface area (Å²) in [6, 6.07) is 14.2. The Kier molecular flexibility index (Phi) is 4.38. The largest absolute Gasteiger partial charge is 0.395 e. The van der Waals surface area contributed by atoms with Crippen LogP contribution < -0.4 is 10.5 Å². The lowest BCUT2D eigenvalue weighted by Gasteiger charge is -2.42. The van der Waals surface area contributed by atoms with E-state index < -0.39 is 0 Å². The van der Waals surface area contributed by atoms with E-state index in [2.05, 4.69) is 23.1 Å². The molecule has 2 aromatic rings. The molecule has 4 nitrogen and oxygen atoms in total. The molecule has 1 aromatic carbocycles. The van der Waals surface area contributed by atoms with Crippen molar-refractivity contribution < 1.29 is 5.11 Å². The standard InChI is InChI=1S/C21H26N2O2/c24-16-21(18-4-2-1-3-5-18)9-12-22(13-10-21)19-8-11-23(20(25)14-19)15-17-6-7-17/h1-5,8,11,14,17,24H,6-7,9-10,12-13,15-16H2. The molecule has 0 bridgehead atoms. The van der Waals surface area contributed by atoms with Crippen LogP contribution in [0.5, 0.6) is 0 Å². The van der Waals surface area contributed by atoms with Gasteiger partial charge in [-0.1, -0.05) is 30.3 Å². The molecular weight excluding hydrogens is 312 g/mol. The maximum Gasteiger partial charge on any atom is 0.252 e. The summed E-state index contributed by atoms with van der Waals surface area (Å²) >= 11 is 0. The monoisotopic (exact) mass is 338 g/mol. The van der Waals surface area contributed by atoms with Crippen molar-refractivity contribution in [2.75, 3.05) is 24.6 Å². The van der Waals surface area contributed by atoms with Gasteiger partial charge >= 0.3 is 0 Å². The number of hydrogen-bond donors (Lipinski definition) is 1. The first-order chi connectivity index (χ1) is 12.2. The van der Waals surface area contributed by atoms with Crippen molar-refractivity contribution in [2.24, 2.45) is 5.92 Å². The predicted molar refractivity (Wildman–Crippen MR) is 100 cm³/mol. The molecule has 1 saturated heterocycles. The van der Waals surface area contributed by atoms with Gasteiger partial charge in [-0.25, -0.2) is 0 Å². The molecular formula is C21H26N2O2. The summed E-state index contributed by atoms with van der Waals surface area (Å²) in [4.78, 5) is 14.6. The zero-order valence-corrected chi connectivity index (χ0v) is 14.6. The lowest BCUT2D eigenvalue weighted by atomic mass is 9.73. The Bertz CT molecular complexity index is 772. The van der Waals surface area contributed by atoms with Gasteiger partial charge in [0, 0.05) is 43.0 Å². The summed E-state index contributed by atoms with van der Waals surface area (Å²) in [6.45, 7) is 2.76. The van der Waals surface area contributed by atoms with Gasteiger partial charge < -0.3 is 14.6 Å². The molecule has 0 unspecified atom stereocenters. The number of aliphatic hydroxyl groups excluding tert-OH is 1. The molecule has 1 saturated carbocycles. The van der Waals surface area contributed by atoms with E-state index in [1.807, 2.05) is 29.0 Å². The highest BCUT2D eigenvalue weighted by Crippen LogP contribution is 2.36. The van der Waals surface area contributed by atoms with Gasteiger partial charge in [0.05, 0.1) is 6.61 Å². The Morgan fingerprint density at radius 3 is 2.40 bits per heavy atom. The second-order valence-electron chi connectivity index (χ2n) is 7.61. The molecule has 1 aliphatic carbocycles. The predicted octanol–water partition coefficient (Wildman–Crippen LogP) is 2.79. The van der Waals surface area contributed by atoms with Crippen molar-refractivity contribution in [1.29, 1.82) is 0 Å². The SMILES string of the molecule is O=c1cc(N2CCC(CO)(c3ccccc3)CC2)ccn1CC1CC1. The zero-order chi connectivity index (χ0) is 17.3. The maximum atomic E-state index is 12.3. The lowest BCUT2D eigenvalue weighted by molar-refractivity contribution is 0.165. The van der Waals surface area contributed by atoms with E-state index in [1.54, 1.807) is 6.07 Å². The molecule has 0 spiro atoms. The number of nitrogens with zero attached hydrogens (tertiary/aromatic N) is 2. The Labute approximate surface area is 148 Å². The number of rotatable bonds is 5. The highest BCUT2D eigenvalue weighted by atomic mass is 16.3. The minimum absolute atomic E-state index is 0.103. The van der Waals surface area contributed by atoms with Crippen LogP contribution in [0.4, 0.5) is 5.69 Å². The van der Waals surface area contributed by atoms with Gasteiger partial charge in [0.1, 0.15) is 0 Å². The minimum Gasteiger partial charge on any atom is -0.395 e. The number of hydrogen-bond acceptors (Lipinski definition) is 3. The summed E-state index contributed by atoms with van der Waals surface area (Å²) in [5.74, 6) is 0.703. The van der Waals surface area contributed by atoms with Gasteiger partial charge in [-0.3, -0.25) is 4.79 Å². The van der Waals surface area contributed by atoms with Crippen LogP contribution >= 0.6 is 0 Å². The van der Waals surface area contributed by atoms with Crippen LogP contribution in [0, 0.1) is 5.92 Å². The summed E-state index contributed by atoms with van der Waals surface area (Å²) in [6.07, 6.45) is 6.25. The van der Waals surface area contributed by atoms with E-state index in [1.165, 1.54) is 18.4 Å². The van der Waals surface area contributed by atoms with E-state index in [0.29, 0.717) is 5.92 Å². The van der Waals surface area contributed by atoms with Crippen LogP contribution in [0.2, 0.25) is 0 Å². The maximum absolute atomic E-state index is 12.3. The van der Waals surface area contributed by atoms with E-state index in [9.17, 15) is 9.90 Å². The smallest absolute Gasteiger partial charge is 0.252 e. The van der Waals surface area contributed by atoms with Crippen molar-refractivity contribution >= 4 is 5.69 Å². The summed E-state index contributed by atoms with van der Waals surface area (Å²) in [5, 5.41) is 10.1. The van der Waals surface area contributed by atoms with Gasteiger partial charge in [0.25, 0.3) is 5.56 Å². The average molecular weight is 338 g/mol. The van der Waals surface area contributed by atoms with Gasteiger partial charge in [-0.05, 0) is 43.2 Å². The quantitative estimate of drug-likeness (QED) is 0.912. The van der Waals surface area contributed by atoms with Gasteiger partial charge in [-0.15, -0.1) is 0 Å². The first-order valence-corrected chi connectivity index (χ1v) is 9.32. The van der Waals surface area contributed by atoms with Crippen molar-refractivity contribution in [3.63, 3.8) is 0 Å². The van der Waals surface area contributed by atoms with Crippen molar-refractivity contribution in [3.8, 4) is 0 Å². The fraction of sp³-hybridized carbons (Fsp3) is 0.476. The Balaban J connectivity index is 1.48. The highest BCUT2D eigenvalue weighted by molar-refractivity contribution is 5.46. The number of piperidine rings is 1. The summed E-state index contributed by atoms with van der Waals surface area (Å²) in [7, 11) is 0. The molecule has 132 valence electrons. The zero-order valence-electron chi connectivity index (χ0n) is 14.6. The van der Waals surface area contributed by atoms with Gasteiger partial charge in [0.2, 0.25) is 0 Å². The van der Waals surface area contributed by atoms with Crippen LogP contribution in [0.25, 0.3) is 0 Å². The van der Waals surface area contributed by atoms with Crippen LogP contribution in [-0.2, 0) is 12.0 Å². The van der Waals surface area contributed by atoms with Crippen LogP contribution in [0.15, 0.2) is 53.5 Å². The third kappa shape index (κ3) is 3.36. The fourth-order valence-corrected chi connectivity index (χ4v) is 3.95. The second kappa shape index (κ2) is 6.68. The van der Waals surface area contributed by atoms with Crippen LogP contribution in [0.3, 0.4) is 0 Å². The number of benzene rings is 1. The molecule has 2 aliphatic rings. The number of anilines is 1. The number of aliphatic hydroxyl groups is 1. The number of pyridine rings is 1. The van der Waals surface area contributed by atoms with Crippen molar-refractivity contribution in [2.45, 2.75) is 37.6 Å². The van der Waals surface area contributed by atoms with E-state index in [4.69, 9.17) is 0 Å². The molecule has 0 atom stereocenters. The molecule has 2 fully saturated rings. The molecule has 0 amide bonds. The Morgan fingerprint density at radius 2 is 1.80 bits per heavy atom. The fourth-order valence-electron chi connectivity index (χ4n) is 3.95. The highest BCUT2D eigenvalue weighted by Gasteiger charge is 2.35. The first-order valence-electron chi connectivity index (χ1n) is 9.32. The third-order valence-corrected chi connectivity index (χ3v) is 5.91. The second-order valence-corrected chi connectivity index (χ2v) is 7.61. The van der Waals surface area contributed by atoms with Crippen LogP contribution in [0.1, 0.15) is 31.2 Å². The average Bonchev–Trinajstić information content (AvgIpc) is 3.48. The molecule has 1 N–H and O–H groups in total. The minimum atomic E-state index is -0.154. The Hall–Kier alpha value is -2.07. The van der Waals surface area contributed by atoms with E-state index in [0.717, 1.165) is 38.2 Å². The normalized spacial score (nSPS) is 19.8.